The lowest BCUT2D eigenvalue weighted by molar-refractivity contribution is -0.00200. The van der Waals surface area contributed by atoms with Crippen molar-refractivity contribution in [2.24, 2.45) is 0 Å². The average Bonchev–Trinajstić information content (AvgIpc) is 3.12. The van der Waals surface area contributed by atoms with Crippen molar-refractivity contribution in [2.75, 3.05) is 32.7 Å². The fourth-order valence-corrected chi connectivity index (χ4v) is 4.83. The molecule has 0 aromatic carbocycles. The van der Waals surface area contributed by atoms with E-state index in [0.717, 1.165) is 13.1 Å². The summed E-state index contributed by atoms with van der Waals surface area (Å²) in [6.45, 7) is 3.55. The number of β-amino-alcohol motifs (C(OH)–C–C–N with tert-alkyl or cyclic N) is 1. The first kappa shape index (κ1) is 15.9. The van der Waals surface area contributed by atoms with Crippen molar-refractivity contribution in [1.29, 1.82) is 0 Å². The predicted octanol–water partition coefficient (Wildman–Crippen LogP) is 0.411. The number of likely N-dealkylation sites (tertiary alicyclic amines) is 1. The minimum Gasteiger partial charge on any atom is -0.389 e. The van der Waals surface area contributed by atoms with Crippen molar-refractivity contribution in [1.82, 2.24) is 19.4 Å². The number of sulfonamides is 1. The molecule has 1 atom stereocenters. The van der Waals surface area contributed by atoms with E-state index in [1.165, 1.54) is 29.5 Å². The highest BCUT2D eigenvalue weighted by Crippen LogP contribution is 2.27. The Labute approximate surface area is 131 Å². The Morgan fingerprint density at radius 2 is 1.95 bits per heavy atom. The number of aromatic nitrogens is 2. The molecular formula is C14H24N4O3S. The van der Waals surface area contributed by atoms with Crippen LogP contribution in [0.25, 0.3) is 0 Å². The maximum absolute atomic E-state index is 12.5. The van der Waals surface area contributed by atoms with E-state index in [1.54, 1.807) is 0 Å². The zero-order chi connectivity index (χ0) is 15.6. The second-order valence-electron chi connectivity index (χ2n) is 6.40. The maximum Gasteiger partial charge on any atom is 0.246 e. The van der Waals surface area contributed by atoms with Crippen LogP contribution in [0.5, 0.6) is 0 Å². The Balaban J connectivity index is 1.66. The number of aliphatic hydroxyl groups is 1. The Morgan fingerprint density at radius 1 is 1.18 bits per heavy atom. The summed E-state index contributed by atoms with van der Waals surface area (Å²) in [6, 6.07) is 0. The molecule has 0 radical (unpaired) electrons. The number of hydrogen-bond acceptors (Lipinski definition) is 5. The topological polar surface area (TPSA) is 89.5 Å². The van der Waals surface area contributed by atoms with Gasteiger partial charge in [0, 0.05) is 25.8 Å². The molecule has 7 nitrogen and oxygen atoms in total. The van der Waals surface area contributed by atoms with Crippen molar-refractivity contribution < 1.29 is 13.5 Å². The van der Waals surface area contributed by atoms with Gasteiger partial charge in [0.1, 0.15) is 4.90 Å². The predicted molar refractivity (Wildman–Crippen MR) is 81.8 cm³/mol. The highest BCUT2D eigenvalue weighted by Gasteiger charge is 2.36. The molecule has 0 bridgehead atoms. The molecule has 0 aliphatic carbocycles. The zero-order valence-electron chi connectivity index (χ0n) is 12.7. The largest absolute Gasteiger partial charge is 0.389 e. The van der Waals surface area contributed by atoms with Gasteiger partial charge >= 0.3 is 0 Å². The third-order valence-corrected chi connectivity index (χ3v) is 6.57. The Hall–Kier alpha value is -0.960. The minimum atomic E-state index is -3.50. The van der Waals surface area contributed by atoms with Crippen LogP contribution in [0.15, 0.2) is 17.3 Å². The third kappa shape index (κ3) is 3.34. The molecule has 8 heteroatoms. The van der Waals surface area contributed by atoms with Crippen molar-refractivity contribution in [3.63, 3.8) is 0 Å². The van der Waals surface area contributed by atoms with Gasteiger partial charge in [-0.05, 0) is 45.2 Å². The van der Waals surface area contributed by atoms with Crippen LogP contribution in [0.4, 0.5) is 0 Å². The van der Waals surface area contributed by atoms with Crippen molar-refractivity contribution in [2.45, 2.75) is 42.6 Å². The molecule has 0 saturated carbocycles. The number of aromatic amines is 1. The van der Waals surface area contributed by atoms with Gasteiger partial charge in [-0.15, -0.1) is 0 Å². The fourth-order valence-electron chi connectivity index (χ4n) is 3.44. The van der Waals surface area contributed by atoms with E-state index in [-0.39, 0.29) is 4.90 Å². The normalized spacial score (nSPS) is 28.8. The molecule has 2 aliphatic rings. The van der Waals surface area contributed by atoms with E-state index >= 15 is 0 Å². The summed E-state index contributed by atoms with van der Waals surface area (Å²) in [5.74, 6) is 0. The van der Waals surface area contributed by atoms with Gasteiger partial charge in [-0.3, -0.25) is 5.10 Å². The maximum atomic E-state index is 12.5. The fraction of sp³-hybridized carbons (Fsp3) is 0.786. The zero-order valence-corrected chi connectivity index (χ0v) is 13.6. The first-order valence-corrected chi connectivity index (χ1v) is 9.37. The van der Waals surface area contributed by atoms with E-state index in [9.17, 15) is 13.5 Å². The molecule has 0 spiro atoms. The summed E-state index contributed by atoms with van der Waals surface area (Å²) in [4.78, 5) is 2.48. The number of nitrogens with one attached hydrogen (secondary N) is 1. The molecule has 3 heterocycles. The van der Waals surface area contributed by atoms with Crippen LogP contribution < -0.4 is 0 Å². The molecule has 2 fully saturated rings. The van der Waals surface area contributed by atoms with Crippen LogP contribution in [0, 0.1) is 0 Å². The molecule has 1 aromatic rings. The van der Waals surface area contributed by atoms with Crippen molar-refractivity contribution >= 4 is 10.0 Å². The summed E-state index contributed by atoms with van der Waals surface area (Å²) in [6.07, 6.45) is 6.93. The van der Waals surface area contributed by atoms with Gasteiger partial charge in [-0.2, -0.15) is 9.40 Å². The third-order valence-electron chi connectivity index (χ3n) is 4.70. The Bertz CT molecular complexity index is 583. The van der Waals surface area contributed by atoms with E-state index in [0.29, 0.717) is 38.9 Å². The van der Waals surface area contributed by atoms with Crippen LogP contribution in [0.2, 0.25) is 0 Å². The number of rotatable bonds is 4. The SMILES string of the molecule is O=S(=O)(c1cn[nH]c1)N1CCC[C@@](O)(CN2CCCC2)CC1. The lowest BCUT2D eigenvalue weighted by Gasteiger charge is -2.31. The van der Waals surface area contributed by atoms with Crippen molar-refractivity contribution in [3.05, 3.63) is 12.4 Å². The van der Waals surface area contributed by atoms with Gasteiger partial charge in [0.05, 0.1) is 11.8 Å². The highest BCUT2D eigenvalue weighted by atomic mass is 32.2. The molecule has 3 rings (SSSR count). The monoisotopic (exact) mass is 328 g/mol. The summed E-state index contributed by atoms with van der Waals surface area (Å²) >= 11 is 0. The average molecular weight is 328 g/mol. The lowest BCUT2D eigenvalue weighted by Crippen LogP contribution is -2.43. The molecule has 1 aromatic heterocycles. The number of hydrogen-bond donors (Lipinski definition) is 2. The second kappa shape index (κ2) is 6.27. The minimum absolute atomic E-state index is 0.192. The Kier molecular flexibility index (Phi) is 4.54. The van der Waals surface area contributed by atoms with Gasteiger partial charge in [-0.1, -0.05) is 0 Å². The smallest absolute Gasteiger partial charge is 0.246 e. The number of nitrogens with zero attached hydrogens (tertiary/aromatic N) is 3. The summed E-state index contributed by atoms with van der Waals surface area (Å²) in [7, 11) is -3.50. The molecular weight excluding hydrogens is 304 g/mol. The van der Waals surface area contributed by atoms with E-state index < -0.39 is 15.6 Å². The van der Waals surface area contributed by atoms with Crippen LogP contribution in [0.3, 0.4) is 0 Å². The molecule has 2 saturated heterocycles. The lowest BCUT2D eigenvalue weighted by atomic mass is 9.94. The van der Waals surface area contributed by atoms with Crippen LogP contribution >= 0.6 is 0 Å². The van der Waals surface area contributed by atoms with Crippen molar-refractivity contribution in [3.8, 4) is 0 Å². The van der Waals surface area contributed by atoms with Gasteiger partial charge in [0.15, 0.2) is 0 Å². The van der Waals surface area contributed by atoms with Gasteiger partial charge in [-0.25, -0.2) is 8.42 Å². The highest BCUT2D eigenvalue weighted by molar-refractivity contribution is 7.89. The van der Waals surface area contributed by atoms with Gasteiger partial charge < -0.3 is 10.0 Å². The summed E-state index contributed by atoms with van der Waals surface area (Å²) < 4.78 is 26.5. The number of H-pyrrole nitrogens is 1. The molecule has 0 amide bonds. The summed E-state index contributed by atoms with van der Waals surface area (Å²) in [5.41, 5.74) is -0.773. The van der Waals surface area contributed by atoms with Gasteiger partial charge in [0.25, 0.3) is 0 Å². The molecule has 2 N–H and O–H groups in total. The van der Waals surface area contributed by atoms with Crippen LogP contribution in [-0.4, -0.2) is 71.3 Å². The molecule has 124 valence electrons. The van der Waals surface area contributed by atoms with Crippen LogP contribution in [-0.2, 0) is 10.0 Å². The van der Waals surface area contributed by atoms with Gasteiger partial charge in [0.2, 0.25) is 10.0 Å². The first-order valence-electron chi connectivity index (χ1n) is 7.93. The van der Waals surface area contributed by atoms with E-state index in [4.69, 9.17) is 0 Å². The quantitative estimate of drug-likeness (QED) is 0.836. The van der Waals surface area contributed by atoms with Crippen LogP contribution in [0.1, 0.15) is 32.1 Å². The molecule has 0 unspecified atom stereocenters. The van der Waals surface area contributed by atoms with E-state index in [1.807, 2.05) is 0 Å². The second-order valence-corrected chi connectivity index (χ2v) is 8.34. The summed E-state index contributed by atoms with van der Waals surface area (Å²) in [5, 5.41) is 17.1. The molecule has 22 heavy (non-hydrogen) atoms. The Morgan fingerprint density at radius 3 is 2.64 bits per heavy atom. The molecule has 2 aliphatic heterocycles. The standard InChI is InChI=1S/C14H24N4O3S/c19-14(12-17-6-1-2-7-17)4-3-8-18(9-5-14)22(20,21)13-10-15-16-11-13/h10-11,19H,1-9,12H2,(H,15,16)/t14-/m0/s1. The first-order chi connectivity index (χ1) is 10.5. The van der Waals surface area contributed by atoms with E-state index in [2.05, 4.69) is 15.1 Å².